The van der Waals surface area contributed by atoms with Crippen LogP contribution in [0.3, 0.4) is 0 Å². The number of aromatic nitrogens is 6. The van der Waals surface area contributed by atoms with Crippen molar-refractivity contribution in [3.05, 3.63) is 42.5 Å². The van der Waals surface area contributed by atoms with Gasteiger partial charge >= 0.3 is 0 Å². The fourth-order valence-corrected chi connectivity index (χ4v) is 4.63. The highest BCUT2D eigenvalue weighted by Gasteiger charge is 2.31. The molecule has 0 amide bonds. The van der Waals surface area contributed by atoms with Crippen molar-refractivity contribution in [1.29, 1.82) is 5.26 Å². The summed E-state index contributed by atoms with van der Waals surface area (Å²) in [4.78, 5) is 16.5. The number of fused-ring (bicyclic) bond motifs is 1. The van der Waals surface area contributed by atoms with Crippen molar-refractivity contribution in [2.45, 2.75) is 47.1 Å². The molecule has 1 fully saturated rings. The molecule has 1 aliphatic heterocycles. The Hall–Kier alpha value is -4.26. The van der Waals surface area contributed by atoms with Crippen LogP contribution in [0.25, 0.3) is 22.3 Å². The van der Waals surface area contributed by atoms with E-state index in [-0.39, 0.29) is 5.41 Å². The van der Waals surface area contributed by atoms with E-state index in [1.165, 1.54) is 0 Å². The second-order valence-corrected chi connectivity index (χ2v) is 9.59. The molecule has 3 aromatic heterocycles. The topological polar surface area (TPSA) is 118 Å². The predicted molar refractivity (Wildman–Crippen MR) is 143 cm³/mol. The molecule has 1 aromatic carbocycles. The highest BCUT2D eigenvalue weighted by atomic mass is 16.5. The fourth-order valence-electron chi connectivity index (χ4n) is 4.63. The van der Waals surface area contributed by atoms with Crippen molar-refractivity contribution in [2.75, 3.05) is 29.9 Å². The summed E-state index contributed by atoms with van der Waals surface area (Å²) in [5.74, 6) is 2.77. The zero-order valence-electron chi connectivity index (χ0n) is 21.7. The molecule has 0 saturated carbocycles. The van der Waals surface area contributed by atoms with Crippen LogP contribution in [-0.2, 0) is 6.54 Å². The second-order valence-electron chi connectivity index (χ2n) is 9.59. The van der Waals surface area contributed by atoms with Gasteiger partial charge in [-0.1, -0.05) is 0 Å². The molecule has 0 spiro atoms. The van der Waals surface area contributed by atoms with Crippen molar-refractivity contribution >= 4 is 28.4 Å². The summed E-state index contributed by atoms with van der Waals surface area (Å²) < 4.78 is 7.94. The van der Waals surface area contributed by atoms with Crippen LogP contribution in [-0.4, -0.2) is 49.4 Å². The third-order valence-electron chi connectivity index (χ3n) is 6.85. The molecule has 1 saturated heterocycles. The SMILES string of the molecule is CCOc1cc(-c2nncn2CC)ccc1Nc1ncc2cc(C)nc(N3CCC(C)(C#N)CC3)c2n1. The number of nitrogens with zero attached hydrogens (tertiary/aromatic N) is 8. The first kappa shape index (κ1) is 24.4. The number of piperidine rings is 1. The first-order chi connectivity index (χ1) is 17.9. The zero-order valence-corrected chi connectivity index (χ0v) is 21.7. The number of hydrogen-bond acceptors (Lipinski definition) is 9. The minimum atomic E-state index is -0.288. The number of nitriles is 1. The molecule has 5 rings (SSSR count). The Bertz CT molecular complexity index is 1460. The van der Waals surface area contributed by atoms with E-state index in [4.69, 9.17) is 14.7 Å². The number of nitrogens with one attached hydrogen (secondary N) is 1. The summed E-state index contributed by atoms with van der Waals surface area (Å²) >= 11 is 0. The molecule has 0 radical (unpaired) electrons. The normalized spacial score (nSPS) is 14.9. The van der Waals surface area contributed by atoms with Crippen LogP contribution >= 0.6 is 0 Å². The monoisotopic (exact) mass is 497 g/mol. The maximum atomic E-state index is 9.53. The van der Waals surface area contributed by atoms with E-state index < -0.39 is 0 Å². The third-order valence-corrected chi connectivity index (χ3v) is 6.85. The lowest BCUT2D eigenvalue weighted by molar-refractivity contribution is 0.336. The molecular formula is C27H31N9O. The van der Waals surface area contributed by atoms with Gasteiger partial charge in [0.2, 0.25) is 5.95 Å². The van der Waals surface area contributed by atoms with Gasteiger partial charge in [-0.05, 0) is 64.8 Å². The van der Waals surface area contributed by atoms with Crippen molar-refractivity contribution in [3.63, 3.8) is 0 Å². The number of aryl methyl sites for hydroxylation is 2. The Morgan fingerprint density at radius 1 is 1.16 bits per heavy atom. The first-order valence-electron chi connectivity index (χ1n) is 12.7. The summed E-state index contributed by atoms with van der Waals surface area (Å²) in [5, 5.41) is 22.1. The molecule has 4 aromatic rings. The average molecular weight is 498 g/mol. The Labute approximate surface area is 216 Å². The van der Waals surface area contributed by atoms with Gasteiger partial charge in [-0.15, -0.1) is 10.2 Å². The summed E-state index contributed by atoms with van der Waals surface area (Å²) in [7, 11) is 0. The molecule has 1 aliphatic rings. The van der Waals surface area contributed by atoms with E-state index in [0.717, 1.165) is 72.0 Å². The summed E-state index contributed by atoms with van der Waals surface area (Å²) in [6, 6.07) is 10.4. The minimum Gasteiger partial charge on any atom is -0.492 e. The molecular weight excluding hydrogens is 466 g/mol. The Morgan fingerprint density at radius 2 is 1.97 bits per heavy atom. The molecule has 37 heavy (non-hydrogen) atoms. The minimum absolute atomic E-state index is 0.288. The van der Waals surface area contributed by atoms with Gasteiger partial charge in [0.15, 0.2) is 11.6 Å². The molecule has 190 valence electrons. The van der Waals surface area contributed by atoms with Gasteiger partial charge in [0, 0.05) is 42.5 Å². The van der Waals surface area contributed by atoms with E-state index in [1.54, 1.807) is 6.33 Å². The molecule has 0 aliphatic carbocycles. The van der Waals surface area contributed by atoms with Gasteiger partial charge in [0.1, 0.15) is 17.6 Å². The molecule has 4 heterocycles. The van der Waals surface area contributed by atoms with E-state index in [1.807, 2.05) is 55.8 Å². The first-order valence-corrected chi connectivity index (χ1v) is 12.7. The van der Waals surface area contributed by atoms with Crippen molar-refractivity contribution in [1.82, 2.24) is 29.7 Å². The number of rotatable bonds is 7. The van der Waals surface area contributed by atoms with Gasteiger partial charge in [-0.25, -0.2) is 15.0 Å². The van der Waals surface area contributed by atoms with Gasteiger partial charge < -0.3 is 19.5 Å². The largest absolute Gasteiger partial charge is 0.492 e. The van der Waals surface area contributed by atoms with E-state index >= 15 is 0 Å². The smallest absolute Gasteiger partial charge is 0.227 e. The molecule has 0 atom stereocenters. The molecule has 10 nitrogen and oxygen atoms in total. The molecule has 0 bridgehead atoms. The summed E-state index contributed by atoms with van der Waals surface area (Å²) in [5.41, 5.74) is 3.09. The lowest BCUT2D eigenvalue weighted by atomic mass is 9.82. The van der Waals surface area contributed by atoms with Crippen LogP contribution in [0.2, 0.25) is 0 Å². The third kappa shape index (κ3) is 4.89. The van der Waals surface area contributed by atoms with Gasteiger partial charge in [0.25, 0.3) is 0 Å². The number of benzene rings is 1. The van der Waals surface area contributed by atoms with Crippen LogP contribution in [0.4, 0.5) is 17.5 Å². The quantitative estimate of drug-likeness (QED) is 0.381. The van der Waals surface area contributed by atoms with Gasteiger partial charge in [-0.2, -0.15) is 5.26 Å². The predicted octanol–water partition coefficient (Wildman–Crippen LogP) is 4.88. The highest BCUT2D eigenvalue weighted by Crippen LogP contribution is 2.35. The number of hydrogen-bond donors (Lipinski definition) is 1. The molecule has 0 unspecified atom stereocenters. The zero-order chi connectivity index (χ0) is 26.0. The highest BCUT2D eigenvalue weighted by molar-refractivity contribution is 5.89. The lowest BCUT2D eigenvalue weighted by Crippen LogP contribution is -2.38. The number of pyridine rings is 1. The van der Waals surface area contributed by atoms with Crippen LogP contribution < -0.4 is 15.0 Å². The van der Waals surface area contributed by atoms with Crippen molar-refractivity contribution in [2.24, 2.45) is 5.41 Å². The van der Waals surface area contributed by atoms with Crippen LogP contribution in [0.5, 0.6) is 5.75 Å². The van der Waals surface area contributed by atoms with E-state index in [9.17, 15) is 5.26 Å². The van der Waals surface area contributed by atoms with Crippen molar-refractivity contribution < 1.29 is 4.74 Å². The Balaban J connectivity index is 1.48. The number of anilines is 3. The van der Waals surface area contributed by atoms with Crippen LogP contribution in [0.15, 0.2) is 36.8 Å². The number of ether oxygens (including phenoxy) is 1. The van der Waals surface area contributed by atoms with Gasteiger partial charge in [-0.3, -0.25) is 0 Å². The van der Waals surface area contributed by atoms with Crippen molar-refractivity contribution in [3.8, 4) is 23.2 Å². The Kier molecular flexibility index (Phi) is 6.61. The van der Waals surface area contributed by atoms with E-state index in [0.29, 0.717) is 18.3 Å². The van der Waals surface area contributed by atoms with Crippen LogP contribution in [0.1, 0.15) is 39.3 Å². The molecule has 1 N–H and O–H groups in total. The Morgan fingerprint density at radius 3 is 2.70 bits per heavy atom. The lowest BCUT2D eigenvalue weighted by Gasteiger charge is -2.36. The maximum absolute atomic E-state index is 9.53. The standard InChI is InChI=1S/C27H31N9O/c1-5-35-17-30-34-24(35)19-7-8-21(22(14-19)37-6-2)32-26-29-15-20-13-18(3)31-25(23(20)33-26)36-11-9-27(4,16-28)10-12-36/h7-8,13-15,17H,5-6,9-12H2,1-4H3,(H,29,32,33). The molecule has 10 heteroatoms. The van der Waals surface area contributed by atoms with Gasteiger partial charge in [0.05, 0.1) is 23.8 Å². The second kappa shape index (κ2) is 10.0. The summed E-state index contributed by atoms with van der Waals surface area (Å²) in [6.45, 7) is 10.8. The van der Waals surface area contributed by atoms with E-state index in [2.05, 4.69) is 38.4 Å². The fraction of sp³-hybridized carbons (Fsp3) is 0.407. The maximum Gasteiger partial charge on any atom is 0.227 e. The average Bonchev–Trinajstić information content (AvgIpc) is 3.39. The summed E-state index contributed by atoms with van der Waals surface area (Å²) in [6.07, 6.45) is 5.14. The van der Waals surface area contributed by atoms with Crippen LogP contribution in [0, 0.1) is 23.7 Å².